The van der Waals surface area contributed by atoms with Crippen molar-refractivity contribution in [3.63, 3.8) is 0 Å². The molecule has 3 N–H and O–H groups in total. The zero-order valence-electron chi connectivity index (χ0n) is 10.6. The zero-order valence-corrected chi connectivity index (χ0v) is 12.2. The minimum absolute atomic E-state index is 0.257. The number of benzene rings is 1. The second kappa shape index (κ2) is 6.27. The Labute approximate surface area is 119 Å². The number of nitrogens with one attached hydrogen (secondary N) is 1. The van der Waals surface area contributed by atoms with E-state index in [2.05, 4.69) is 26.3 Å². The number of halogens is 2. The van der Waals surface area contributed by atoms with Crippen molar-refractivity contribution in [1.82, 2.24) is 15.0 Å². The molecule has 19 heavy (non-hydrogen) atoms. The molecule has 0 spiro atoms. The van der Waals surface area contributed by atoms with Crippen LogP contribution in [0, 0.1) is 5.82 Å². The molecule has 4 nitrogen and oxygen atoms in total. The number of nitrogens with two attached hydrogens (primary N) is 1. The number of aryl methyl sites for hydroxylation is 2. The Morgan fingerprint density at radius 3 is 2.89 bits per heavy atom. The molecule has 1 heterocycles. The lowest BCUT2D eigenvalue weighted by Crippen LogP contribution is -2.29. The van der Waals surface area contributed by atoms with Crippen molar-refractivity contribution < 1.29 is 4.39 Å². The predicted molar refractivity (Wildman–Crippen MR) is 75.7 cm³/mol. The summed E-state index contributed by atoms with van der Waals surface area (Å²) >= 11 is 3.37. The summed E-state index contributed by atoms with van der Waals surface area (Å²) in [6.07, 6.45) is 5.03. The van der Waals surface area contributed by atoms with Gasteiger partial charge < -0.3 is 4.57 Å². The number of imidazole rings is 1. The number of rotatable bonds is 5. The van der Waals surface area contributed by atoms with E-state index in [0.29, 0.717) is 12.0 Å². The van der Waals surface area contributed by atoms with Crippen LogP contribution in [0.5, 0.6) is 0 Å². The standard InChI is InChI=1S/C13H16BrFN4/c1-19-8-7-17-12(19)6-5-11(18-16)13-9(14)3-2-4-10(13)15/h2-4,7-8,11,18H,5-6,16H2,1H3. The fourth-order valence-electron chi connectivity index (χ4n) is 2.07. The molecule has 1 aromatic carbocycles. The summed E-state index contributed by atoms with van der Waals surface area (Å²) < 4.78 is 16.6. The summed E-state index contributed by atoms with van der Waals surface area (Å²) in [4.78, 5) is 4.25. The Morgan fingerprint density at radius 1 is 1.53 bits per heavy atom. The maximum Gasteiger partial charge on any atom is 0.129 e. The van der Waals surface area contributed by atoms with E-state index in [1.807, 2.05) is 23.9 Å². The summed E-state index contributed by atoms with van der Waals surface area (Å²) in [5.74, 6) is 6.24. The first kappa shape index (κ1) is 14.2. The zero-order chi connectivity index (χ0) is 13.8. The average molecular weight is 327 g/mol. The van der Waals surface area contributed by atoms with Gasteiger partial charge in [0.05, 0.1) is 6.04 Å². The van der Waals surface area contributed by atoms with Crippen LogP contribution in [0.1, 0.15) is 23.9 Å². The Kier molecular flexibility index (Phi) is 4.68. The van der Waals surface area contributed by atoms with Crippen molar-refractivity contribution >= 4 is 15.9 Å². The summed E-state index contributed by atoms with van der Waals surface area (Å²) in [6, 6.07) is 4.65. The van der Waals surface area contributed by atoms with E-state index in [-0.39, 0.29) is 11.9 Å². The van der Waals surface area contributed by atoms with Crippen LogP contribution >= 0.6 is 15.9 Å². The van der Waals surface area contributed by atoms with E-state index < -0.39 is 0 Å². The molecule has 0 radical (unpaired) electrons. The Bertz CT molecular complexity index is 535. The molecule has 0 aliphatic rings. The van der Waals surface area contributed by atoms with Crippen LogP contribution in [-0.4, -0.2) is 9.55 Å². The lowest BCUT2D eigenvalue weighted by atomic mass is 10.0. The minimum atomic E-state index is -0.267. The minimum Gasteiger partial charge on any atom is -0.338 e. The van der Waals surface area contributed by atoms with Gasteiger partial charge in [-0.3, -0.25) is 11.3 Å². The van der Waals surface area contributed by atoms with Gasteiger partial charge in [0.1, 0.15) is 11.6 Å². The lowest BCUT2D eigenvalue weighted by molar-refractivity contribution is 0.476. The van der Waals surface area contributed by atoms with E-state index in [1.54, 1.807) is 12.3 Å². The normalized spacial score (nSPS) is 12.6. The van der Waals surface area contributed by atoms with Gasteiger partial charge in [0, 0.05) is 35.9 Å². The summed E-state index contributed by atoms with van der Waals surface area (Å²) in [7, 11) is 1.94. The maximum absolute atomic E-state index is 13.9. The van der Waals surface area contributed by atoms with Crippen LogP contribution in [0.3, 0.4) is 0 Å². The van der Waals surface area contributed by atoms with E-state index in [1.165, 1.54) is 6.07 Å². The third-order valence-corrected chi connectivity index (χ3v) is 3.82. The monoisotopic (exact) mass is 326 g/mol. The molecule has 6 heteroatoms. The lowest BCUT2D eigenvalue weighted by Gasteiger charge is -2.18. The van der Waals surface area contributed by atoms with Crippen molar-refractivity contribution in [2.45, 2.75) is 18.9 Å². The average Bonchev–Trinajstić information content (AvgIpc) is 2.78. The number of nitrogens with zero attached hydrogens (tertiary/aromatic N) is 2. The SMILES string of the molecule is Cn1ccnc1CCC(NN)c1c(F)cccc1Br. The molecule has 0 aliphatic heterocycles. The highest BCUT2D eigenvalue weighted by molar-refractivity contribution is 9.10. The van der Waals surface area contributed by atoms with E-state index >= 15 is 0 Å². The van der Waals surface area contributed by atoms with Crippen LogP contribution in [-0.2, 0) is 13.5 Å². The third kappa shape index (κ3) is 3.20. The second-order valence-electron chi connectivity index (χ2n) is 4.35. The number of hydrogen-bond donors (Lipinski definition) is 2. The molecule has 1 aromatic heterocycles. The molecular formula is C13H16BrFN4. The molecule has 0 fully saturated rings. The van der Waals surface area contributed by atoms with Crippen molar-refractivity contribution in [1.29, 1.82) is 0 Å². The molecule has 0 saturated heterocycles. The van der Waals surface area contributed by atoms with E-state index in [4.69, 9.17) is 5.84 Å². The molecule has 0 saturated carbocycles. The summed E-state index contributed by atoms with van der Waals surface area (Å²) in [5.41, 5.74) is 3.23. The van der Waals surface area contributed by atoms with Crippen molar-refractivity contribution in [2.75, 3.05) is 0 Å². The highest BCUT2D eigenvalue weighted by Gasteiger charge is 2.18. The molecule has 102 valence electrons. The number of hydrazine groups is 1. The fourth-order valence-corrected chi connectivity index (χ4v) is 2.68. The quantitative estimate of drug-likeness (QED) is 0.655. The predicted octanol–water partition coefficient (Wildman–Crippen LogP) is 2.46. The van der Waals surface area contributed by atoms with Gasteiger partial charge in [-0.15, -0.1) is 0 Å². The van der Waals surface area contributed by atoms with E-state index in [9.17, 15) is 4.39 Å². The largest absolute Gasteiger partial charge is 0.338 e. The van der Waals surface area contributed by atoms with Crippen molar-refractivity contribution in [2.24, 2.45) is 12.9 Å². The van der Waals surface area contributed by atoms with Gasteiger partial charge in [-0.05, 0) is 18.6 Å². The molecule has 1 atom stereocenters. The Hall–Kier alpha value is -1.24. The second-order valence-corrected chi connectivity index (χ2v) is 5.20. The highest BCUT2D eigenvalue weighted by atomic mass is 79.9. The molecule has 0 amide bonds. The van der Waals surface area contributed by atoms with Gasteiger partial charge in [-0.1, -0.05) is 22.0 Å². The number of hydrogen-bond acceptors (Lipinski definition) is 3. The highest BCUT2D eigenvalue weighted by Crippen LogP contribution is 2.28. The molecule has 0 aliphatic carbocycles. The topological polar surface area (TPSA) is 55.9 Å². The molecular weight excluding hydrogens is 311 g/mol. The van der Waals surface area contributed by atoms with Gasteiger partial charge in [0.25, 0.3) is 0 Å². The van der Waals surface area contributed by atoms with Crippen LogP contribution < -0.4 is 11.3 Å². The summed E-state index contributed by atoms with van der Waals surface area (Å²) in [6.45, 7) is 0. The van der Waals surface area contributed by atoms with Crippen LogP contribution in [0.15, 0.2) is 35.1 Å². The molecule has 2 aromatic rings. The maximum atomic E-state index is 13.9. The Morgan fingerprint density at radius 2 is 2.32 bits per heavy atom. The molecule has 1 unspecified atom stereocenters. The summed E-state index contributed by atoms with van der Waals surface area (Å²) in [5, 5.41) is 0. The molecule has 0 bridgehead atoms. The number of aromatic nitrogens is 2. The first-order valence-electron chi connectivity index (χ1n) is 5.99. The van der Waals surface area contributed by atoms with Gasteiger partial charge in [0.2, 0.25) is 0 Å². The van der Waals surface area contributed by atoms with Gasteiger partial charge in [0.15, 0.2) is 0 Å². The van der Waals surface area contributed by atoms with Crippen LogP contribution in [0.25, 0.3) is 0 Å². The fraction of sp³-hybridized carbons (Fsp3) is 0.308. The van der Waals surface area contributed by atoms with Crippen LogP contribution in [0.4, 0.5) is 4.39 Å². The smallest absolute Gasteiger partial charge is 0.129 e. The van der Waals surface area contributed by atoms with Crippen molar-refractivity contribution in [3.05, 3.63) is 52.3 Å². The van der Waals surface area contributed by atoms with Gasteiger partial charge in [-0.25, -0.2) is 9.37 Å². The first-order valence-corrected chi connectivity index (χ1v) is 6.79. The first-order chi connectivity index (χ1) is 9.13. The van der Waals surface area contributed by atoms with Crippen LogP contribution in [0.2, 0.25) is 0 Å². The van der Waals surface area contributed by atoms with Gasteiger partial charge in [-0.2, -0.15) is 0 Å². The van der Waals surface area contributed by atoms with E-state index in [0.717, 1.165) is 16.7 Å². The van der Waals surface area contributed by atoms with Crippen molar-refractivity contribution in [3.8, 4) is 0 Å². The third-order valence-electron chi connectivity index (χ3n) is 3.13. The Balaban J connectivity index is 2.15. The van der Waals surface area contributed by atoms with Gasteiger partial charge >= 0.3 is 0 Å². The molecule has 2 rings (SSSR count).